The standard InChI is InChI=1S/C9H16N2O2S/c1-2-3-6-13-8(12)7-14-9-10-4-5-11-9/h2-7H2,1H3,(H,10,11). The van der Waals surface area contributed by atoms with E-state index in [-0.39, 0.29) is 5.97 Å². The van der Waals surface area contributed by atoms with E-state index in [1.165, 1.54) is 11.8 Å². The van der Waals surface area contributed by atoms with Gasteiger partial charge in [0, 0.05) is 6.54 Å². The molecule has 0 amide bonds. The Balaban J connectivity index is 2.02. The molecule has 0 spiro atoms. The van der Waals surface area contributed by atoms with Gasteiger partial charge in [-0.3, -0.25) is 9.79 Å². The van der Waals surface area contributed by atoms with E-state index >= 15 is 0 Å². The van der Waals surface area contributed by atoms with Gasteiger partial charge in [0.25, 0.3) is 0 Å². The Kier molecular flexibility index (Phi) is 5.44. The fourth-order valence-electron chi connectivity index (χ4n) is 0.972. The summed E-state index contributed by atoms with van der Waals surface area (Å²) in [5, 5.41) is 3.94. The number of thioether (sulfide) groups is 1. The molecule has 0 aromatic rings. The van der Waals surface area contributed by atoms with Crippen LogP contribution in [0.15, 0.2) is 4.99 Å². The van der Waals surface area contributed by atoms with Crippen LogP contribution in [0, 0.1) is 0 Å². The van der Waals surface area contributed by atoms with Crippen LogP contribution < -0.4 is 5.32 Å². The summed E-state index contributed by atoms with van der Waals surface area (Å²) in [4.78, 5) is 15.3. The van der Waals surface area contributed by atoms with Crippen molar-refractivity contribution >= 4 is 22.9 Å². The number of hydrogen-bond donors (Lipinski definition) is 1. The number of amidine groups is 1. The van der Waals surface area contributed by atoms with E-state index in [1.54, 1.807) is 0 Å². The lowest BCUT2D eigenvalue weighted by atomic mass is 10.4. The summed E-state index contributed by atoms with van der Waals surface area (Å²) < 4.78 is 5.00. The quantitative estimate of drug-likeness (QED) is 0.550. The first-order valence-electron chi connectivity index (χ1n) is 4.89. The zero-order chi connectivity index (χ0) is 10.2. The lowest BCUT2D eigenvalue weighted by Gasteiger charge is -2.03. The normalized spacial score (nSPS) is 14.8. The molecular weight excluding hydrogens is 200 g/mol. The molecular formula is C9H16N2O2S. The molecule has 4 nitrogen and oxygen atoms in total. The number of ether oxygens (including phenoxy) is 1. The Morgan fingerprint density at radius 2 is 2.57 bits per heavy atom. The van der Waals surface area contributed by atoms with Gasteiger partial charge in [0.15, 0.2) is 5.17 Å². The van der Waals surface area contributed by atoms with Crippen LogP contribution in [0.3, 0.4) is 0 Å². The van der Waals surface area contributed by atoms with Crippen molar-refractivity contribution in [2.24, 2.45) is 4.99 Å². The van der Waals surface area contributed by atoms with Crippen LogP contribution >= 0.6 is 11.8 Å². The van der Waals surface area contributed by atoms with Crippen LogP contribution in [-0.2, 0) is 9.53 Å². The molecule has 0 bridgehead atoms. The fourth-order valence-corrected chi connectivity index (χ4v) is 1.70. The number of carbonyl (C=O) groups excluding carboxylic acids is 1. The molecule has 5 heteroatoms. The molecule has 1 heterocycles. The number of nitrogens with one attached hydrogen (secondary N) is 1. The van der Waals surface area contributed by atoms with Crippen molar-refractivity contribution in [3.63, 3.8) is 0 Å². The van der Waals surface area contributed by atoms with Gasteiger partial charge in [-0.2, -0.15) is 0 Å². The van der Waals surface area contributed by atoms with E-state index in [2.05, 4.69) is 17.2 Å². The molecule has 0 fully saturated rings. The van der Waals surface area contributed by atoms with Crippen molar-refractivity contribution in [3.8, 4) is 0 Å². The number of nitrogens with zero attached hydrogens (tertiary/aromatic N) is 1. The van der Waals surface area contributed by atoms with Crippen molar-refractivity contribution in [3.05, 3.63) is 0 Å². The van der Waals surface area contributed by atoms with Gasteiger partial charge in [0.1, 0.15) is 0 Å². The first-order chi connectivity index (χ1) is 6.83. The predicted molar refractivity (Wildman–Crippen MR) is 58.6 cm³/mol. The van der Waals surface area contributed by atoms with Crippen LogP contribution in [0.2, 0.25) is 0 Å². The second-order valence-electron chi connectivity index (χ2n) is 2.98. The van der Waals surface area contributed by atoms with E-state index in [0.29, 0.717) is 12.4 Å². The second kappa shape index (κ2) is 6.70. The predicted octanol–water partition coefficient (Wildman–Crippen LogP) is 1.02. The molecule has 1 N–H and O–H groups in total. The number of carbonyl (C=O) groups is 1. The molecule has 1 aliphatic heterocycles. The van der Waals surface area contributed by atoms with Gasteiger partial charge in [0.2, 0.25) is 0 Å². The average molecular weight is 216 g/mol. The van der Waals surface area contributed by atoms with Gasteiger partial charge in [-0.15, -0.1) is 0 Å². The molecule has 0 aromatic heterocycles. The Morgan fingerprint density at radius 3 is 3.21 bits per heavy atom. The minimum absolute atomic E-state index is 0.153. The second-order valence-corrected chi connectivity index (χ2v) is 3.94. The monoisotopic (exact) mass is 216 g/mol. The van der Waals surface area contributed by atoms with Gasteiger partial charge < -0.3 is 10.1 Å². The highest BCUT2D eigenvalue weighted by Gasteiger charge is 2.09. The van der Waals surface area contributed by atoms with Crippen LogP contribution in [0.25, 0.3) is 0 Å². The summed E-state index contributed by atoms with van der Waals surface area (Å²) in [6, 6.07) is 0. The summed E-state index contributed by atoms with van der Waals surface area (Å²) in [6.45, 7) is 4.30. The molecule has 1 aliphatic rings. The molecule has 80 valence electrons. The van der Waals surface area contributed by atoms with Crippen LogP contribution in [0.5, 0.6) is 0 Å². The van der Waals surface area contributed by atoms with Crippen molar-refractivity contribution < 1.29 is 9.53 Å². The molecule has 0 unspecified atom stereocenters. The van der Waals surface area contributed by atoms with Crippen molar-refractivity contribution in [2.45, 2.75) is 19.8 Å². The summed E-state index contributed by atoms with van der Waals surface area (Å²) >= 11 is 1.41. The van der Waals surface area contributed by atoms with Gasteiger partial charge >= 0.3 is 5.97 Å². The summed E-state index contributed by atoms with van der Waals surface area (Å²) in [5.74, 6) is 0.204. The van der Waals surface area contributed by atoms with Crippen molar-refractivity contribution in [2.75, 3.05) is 25.4 Å². The number of aliphatic imine (C=N–C) groups is 1. The van der Waals surface area contributed by atoms with Gasteiger partial charge in [0.05, 0.1) is 18.9 Å². The Morgan fingerprint density at radius 1 is 1.71 bits per heavy atom. The lowest BCUT2D eigenvalue weighted by molar-refractivity contribution is -0.140. The third kappa shape index (κ3) is 4.50. The zero-order valence-corrected chi connectivity index (χ0v) is 9.23. The molecule has 0 radical (unpaired) electrons. The average Bonchev–Trinajstić information content (AvgIpc) is 2.68. The van der Waals surface area contributed by atoms with Crippen LogP contribution in [0.4, 0.5) is 0 Å². The molecule has 1 rings (SSSR count). The maximum absolute atomic E-state index is 11.1. The van der Waals surface area contributed by atoms with Crippen LogP contribution in [0.1, 0.15) is 19.8 Å². The Hall–Kier alpha value is -0.710. The highest BCUT2D eigenvalue weighted by molar-refractivity contribution is 8.14. The number of rotatable bonds is 5. The topological polar surface area (TPSA) is 50.7 Å². The fraction of sp³-hybridized carbons (Fsp3) is 0.778. The lowest BCUT2D eigenvalue weighted by Crippen LogP contribution is -2.18. The Labute approximate surface area is 88.5 Å². The van der Waals surface area contributed by atoms with E-state index < -0.39 is 0 Å². The summed E-state index contributed by atoms with van der Waals surface area (Å²) in [6.07, 6.45) is 1.99. The third-order valence-corrected chi connectivity index (χ3v) is 2.66. The molecule has 0 aromatic carbocycles. The molecule has 0 saturated heterocycles. The number of unbranched alkanes of at least 4 members (excludes halogenated alkanes) is 1. The highest BCUT2D eigenvalue weighted by Crippen LogP contribution is 2.05. The van der Waals surface area contributed by atoms with Crippen molar-refractivity contribution in [1.82, 2.24) is 5.32 Å². The van der Waals surface area contributed by atoms with E-state index in [9.17, 15) is 4.79 Å². The first kappa shape index (κ1) is 11.4. The Bertz CT molecular complexity index is 219. The molecule has 0 atom stereocenters. The third-order valence-electron chi connectivity index (χ3n) is 1.73. The van der Waals surface area contributed by atoms with E-state index in [4.69, 9.17) is 4.74 Å². The maximum Gasteiger partial charge on any atom is 0.316 e. The SMILES string of the molecule is CCCCOC(=O)CSC1=NCCN1. The van der Waals surface area contributed by atoms with Gasteiger partial charge in [-0.25, -0.2) is 0 Å². The van der Waals surface area contributed by atoms with Gasteiger partial charge in [-0.1, -0.05) is 25.1 Å². The minimum Gasteiger partial charge on any atom is -0.465 e. The summed E-state index contributed by atoms with van der Waals surface area (Å²) in [7, 11) is 0. The zero-order valence-electron chi connectivity index (χ0n) is 8.41. The summed E-state index contributed by atoms with van der Waals surface area (Å²) in [5.41, 5.74) is 0. The number of esters is 1. The molecule has 0 aliphatic carbocycles. The number of hydrogen-bond acceptors (Lipinski definition) is 5. The minimum atomic E-state index is -0.153. The molecule has 14 heavy (non-hydrogen) atoms. The molecule has 0 saturated carbocycles. The van der Waals surface area contributed by atoms with Crippen molar-refractivity contribution in [1.29, 1.82) is 0 Å². The van der Waals surface area contributed by atoms with E-state index in [0.717, 1.165) is 31.1 Å². The van der Waals surface area contributed by atoms with Gasteiger partial charge in [-0.05, 0) is 6.42 Å². The van der Waals surface area contributed by atoms with Crippen LogP contribution in [-0.4, -0.2) is 36.6 Å². The maximum atomic E-state index is 11.1. The highest BCUT2D eigenvalue weighted by atomic mass is 32.2. The first-order valence-corrected chi connectivity index (χ1v) is 5.88. The largest absolute Gasteiger partial charge is 0.465 e. The smallest absolute Gasteiger partial charge is 0.316 e. The van der Waals surface area contributed by atoms with E-state index in [1.807, 2.05) is 0 Å².